The van der Waals surface area contributed by atoms with Crippen LogP contribution >= 0.6 is 0 Å². The van der Waals surface area contributed by atoms with Crippen molar-refractivity contribution >= 4 is 17.8 Å². The van der Waals surface area contributed by atoms with Gasteiger partial charge >= 0.3 is 6.18 Å². The first-order valence-electron chi connectivity index (χ1n) is 8.37. The minimum Gasteiger partial charge on any atom is -0.493 e. The van der Waals surface area contributed by atoms with Gasteiger partial charge in [0.1, 0.15) is 0 Å². The molecule has 0 aliphatic carbocycles. The highest BCUT2D eigenvalue weighted by atomic mass is 19.4. The molecule has 0 bridgehead atoms. The number of nitrogens with zero attached hydrogens (tertiary/aromatic N) is 1. The molecule has 2 N–H and O–H groups in total. The average molecular weight is 395 g/mol. The van der Waals surface area contributed by atoms with E-state index in [0.29, 0.717) is 23.7 Å². The maximum absolute atomic E-state index is 12.7. The van der Waals surface area contributed by atoms with Gasteiger partial charge in [0.05, 0.1) is 32.0 Å². The Morgan fingerprint density at radius 2 is 1.96 bits per heavy atom. The molecule has 0 unspecified atom stereocenters. The van der Waals surface area contributed by atoms with E-state index in [2.05, 4.69) is 15.8 Å². The molecule has 0 atom stereocenters. The van der Waals surface area contributed by atoms with Crippen molar-refractivity contribution in [3.63, 3.8) is 0 Å². The van der Waals surface area contributed by atoms with Gasteiger partial charge in [-0.1, -0.05) is 6.07 Å². The number of hydrazone groups is 1. The Labute approximate surface area is 160 Å². The molecular weight excluding hydrogens is 375 g/mol. The van der Waals surface area contributed by atoms with Crippen molar-refractivity contribution in [1.82, 2.24) is 5.43 Å². The Balaban J connectivity index is 1.90. The number of nitrogens with one attached hydrogen (secondary N) is 2. The summed E-state index contributed by atoms with van der Waals surface area (Å²) in [5.74, 6) is 0.618. The number of hydrogen-bond acceptors (Lipinski definition) is 5. The zero-order valence-electron chi connectivity index (χ0n) is 15.3. The van der Waals surface area contributed by atoms with Crippen molar-refractivity contribution in [2.24, 2.45) is 5.10 Å². The Morgan fingerprint density at radius 1 is 1.18 bits per heavy atom. The summed E-state index contributed by atoms with van der Waals surface area (Å²) in [5.41, 5.74) is 2.37. The number of anilines is 1. The van der Waals surface area contributed by atoms with Crippen molar-refractivity contribution in [1.29, 1.82) is 0 Å². The smallest absolute Gasteiger partial charge is 0.416 e. The van der Waals surface area contributed by atoms with Crippen LogP contribution in [0, 0.1) is 0 Å². The van der Waals surface area contributed by atoms with Crippen LogP contribution < -0.4 is 20.2 Å². The lowest BCUT2D eigenvalue weighted by molar-refractivity contribution is -0.137. The highest BCUT2D eigenvalue weighted by molar-refractivity contribution is 5.84. The summed E-state index contributed by atoms with van der Waals surface area (Å²) in [6, 6.07) is 9.75. The first kappa shape index (κ1) is 21.1. The van der Waals surface area contributed by atoms with Gasteiger partial charge in [0, 0.05) is 5.69 Å². The highest BCUT2D eigenvalue weighted by Crippen LogP contribution is 2.30. The first-order valence-corrected chi connectivity index (χ1v) is 8.37. The molecular formula is C19H20F3N3O3. The minimum absolute atomic E-state index is 0.186. The number of halogens is 3. The van der Waals surface area contributed by atoms with Gasteiger partial charge in [-0.3, -0.25) is 4.79 Å². The lowest BCUT2D eigenvalue weighted by Gasteiger charge is -2.10. The molecule has 2 aromatic carbocycles. The Hall–Kier alpha value is -3.23. The molecule has 1 amide bonds. The Bertz CT molecular complexity index is 839. The zero-order valence-corrected chi connectivity index (χ0v) is 15.3. The number of carbonyl (C=O) groups is 1. The van der Waals surface area contributed by atoms with E-state index in [1.807, 2.05) is 6.92 Å². The topological polar surface area (TPSA) is 72.0 Å². The van der Waals surface area contributed by atoms with E-state index in [0.717, 1.165) is 12.1 Å². The van der Waals surface area contributed by atoms with Crippen LogP contribution in [0.5, 0.6) is 11.5 Å². The first-order chi connectivity index (χ1) is 13.3. The molecule has 0 saturated carbocycles. The van der Waals surface area contributed by atoms with Crippen LogP contribution in [0.25, 0.3) is 0 Å². The lowest BCUT2D eigenvalue weighted by atomic mass is 10.2. The lowest BCUT2D eigenvalue weighted by Crippen LogP contribution is -2.26. The summed E-state index contributed by atoms with van der Waals surface area (Å²) < 4.78 is 48.7. The maximum atomic E-state index is 12.7. The van der Waals surface area contributed by atoms with E-state index >= 15 is 0 Å². The van der Waals surface area contributed by atoms with Crippen LogP contribution in [0.4, 0.5) is 18.9 Å². The van der Waals surface area contributed by atoms with Gasteiger partial charge < -0.3 is 14.8 Å². The fourth-order valence-electron chi connectivity index (χ4n) is 2.25. The standard InChI is InChI=1S/C19H20F3N3O3/c1-3-28-17-9-13(7-8-16(17)27-2)11-24-25-18(26)12-23-15-6-4-5-14(10-15)19(20,21)22/h4-11,23H,3,12H2,1-2H3,(H,25,26)/b24-11-. The van der Waals surface area contributed by atoms with Gasteiger partial charge in [0.25, 0.3) is 5.91 Å². The second kappa shape index (κ2) is 9.63. The van der Waals surface area contributed by atoms with Crippen LogP contribution in [0.2, 0.25) is 0 Å². The van der Waals surface area contributed by atoms with E-state index in [4.69, 9.17) is 9.47 Å². The summed E-state index contributed by atoms with van der Waals surface area (Å²) in [6.45, 7) is 2.08. The van der Waals surface area contributed by atoms with Gasteiger partial charge in [-0.05, 0) is 48.9 Å². The summed E-state index contributed by atoms with van der Waals surface area (Å²) in [4.78, 5) is 11.8. The number of methoxy groups -OCH3 is 1. The third kappa shape index (κ3) is 6.19. The average Bonchev–Trinajstić information content (AvgIpc) is 2.66. The van der Waals surface area contributed by atoms with Crippen molar-refractivity contribution in [2.75, 3.05) is 25.6 Å². The molecule has 0 radical (unpaired) electrons. The van der Waals surface area contributed by atoms with Gasteiger partial charge in [0.2, 0.25) is 0 Å². The van der Waals surface area contributed by atoms with Crippen LogP contribution in [0.3, 0.4) is 0 Å². The van der Waals surface area contributed by atoms with Crippen LogP contribution in [-0.2, 0) is 11.0 Å². The molecule has 6 nitrogen and oxygen atoms in total. The minimum atomic E-state index is -4.44. The van der Waals surface area contributed by atoms with Crippen molar-refractivity contribution in [2.45, 2.75) is 13.1 Å². The number of alkyl halides is 3. The number of rotatable bonds is 8. The van der Waals surface area contributed by atoms with Crippen molar-refractivity contribution < 1.29 is 27.4 Å². The predicted octanol–water partition coefficient (Wildman–Crippen LogP) is 3.67. The molecule has 9 heteroatoms. The third-order valence-corrected chi connectivity index (χ3v) is 3.53. The van der Waals surface area contributed by atoms with Gasteiger partial charge in [-0.15, -0.1) is 0 Å². The van der Waals surface area contributed by atoms with Gasteiger partial charge in [0.15, 0.2) is 11.5 Å². The van der Waals surface area contributed by atoms with Crippen molar-refractivity contribution in [3.05, 3.63) is 53.6 Å². The zero-order chi connectivity index (χ0) is 20.6. The normalized spacial score (nSPS) is 11.3. The fourth-order valence-corrected chi connectivity index (χ4v) is 2.25. The number of carbonyl (C=O) groups excluding carboxylic acids is 1. The van der Waals surface area contributed by atoms with E-state index in [1.54, 1.807) is 18.2 Å². The van der Waals surface area contributed by atoms with Crippen LogP contribution in [0.1, 0.15) is 18.1 Å². The summed E-state index contributed by atoms with van der Waals surface area (Å²) in [6.07, 6.45) is -3.02. The number of ether oxygens (including phenoxy) is 2. The fraction of sp³-hybridized carbons (Fsp3) is 0.263. The quantitative estimate of drug-likeness (QED) is 0.528. The van der Waals surface area contributed by atoms with Crippen molar-refractivity contribution in [3.8, 4) is 11.5 Å². The number of hydrogen-bond donors (Lipinski definition) is 2. The molecule has 28 heavy (non-hydrogen) atoms. The SMILES string of the molecule is CCOc1cc(/C=N\NC(=O)CNc2cccc(C(F)(F)F)c2)ccc1OC. The molecule has 150 valence electrons. The molecule has 0 aliphatic heterocycles. The highest BCUT2D eigenvalue weighted by Gasteiger charge is 2.30. The molecule has 0 aromatic heterocycles. The molecule has 0 fully saturated rings. The second-order valence-electron chi connectivity index (χ2n) is 5.57. The Kier molecular flexibility index (Phi) is 7.25. The maximum Gasteiger partial charge on any atom is 0.416 e. The molecule has 0 aliphatic rings. The summed E-state index contributed by atoms with van der Waals surface area (Å²) in [7, 11) is 1.53. The van der Waals surface area contributed by atoms with Gasteiger partial charge in [-0.2, -0.15) is 18.3 Å². The molecule has 0 saturated heterocycles. The predicted molar refractivity (Wildman–Crippen MR) is 99.8 cm³/mol. The molecule has 0 spiro atoms. The van der Waals surface area contributed by atoms with Crippen LogP contribution in [0.15, 0.2) is 47.6 Å². The monoisotopic (exact) mass is 395 g/mol. The largest absolute Gasteiger partial charge is 0.493 e. The van der Waals surface area contributed by atoms with E-state index < -0.39 is 17.6 Å². The molecule has 2 aromatic rings. The summed E-state index contributed by atoms with van der Waals surface area (Å²) >= 11 is 0. The Morgan fingerprint density at radius 3 is 2.64 bits per heavy atom. The second-order valence-corrected chi connectivity index (χ2v) is 5.57. The molecule has 0 heterocycles. The van der Waals surface area contributed by atoms with Gasteiger partial charge in [-0.25, -0.2) is 5.43 Å². The molecule has 2 rings (SSSR count). The number of benzene rings is 2. The van der Waals surface area contributed by atoms with E-state index in [-0.39, 0.29) is 12.2 Å². The summed E-state index contributed by atoms with van der Waals surface area (Å²) in [5, 5.41) is 6.45. The van der Waals surface area contributed by atoms with E-state index in [9.17, 15) is 18.0 Å². The third-order valence-electron chi connectivity index (χ3n) is 3.53. The van der Waals surface area contributed by atoms with Crippen LogP contribution in [-0.4, -0.2) is 32.4 Å². The number of amides is 1. The van der Waals surface area contributed by atoms with E-state index in [1.165, 1.54) is 25.5 Å².